The number of carboxylic acid groups (broad SMARTS) is 1. The molecule has 0 saturated heterocycles. The lowest BCUT2D eigenvalue weighted by molar-refractivity contribution is 0.0697. The van der Waals surface area contributed by atoms with Crippen LogP contribution >= 0.6 is 15.9 Å². The van der Waals surface area contributed by atoms with Crippen LogP contribution in [-0.4, -0.2) is 20.9 Å². The van der Waals surface area contributed by atoms with Crippen molar-refractivity contribution in [2.75, 3.05) is 0 Å². The van der Waals surface area contributed by atoms with E-state index in [4.69, 9.17) is 9.52 Å². The van der Waals surface area contributed by atoms with E-state index in [1.807, 2.05) is 0 Å². The number of hydrogen-bond acceptors (Lipinski definition) is 3. The summed E-state index contributed by atoms with van der Waals surface area (Å²) in [6, 6.07) is 1.70. The minimum atomic E-state index is -1.03. The molecule has 2 heterocycles. The summed E-state index contributed by atoms with van der Waals surface area (Å²) in [5.41, 5.74) is 0.563. The normalized spacial score (nSPS) is 10.5. The van der Waals surface area contributed by atoms with Crippen LogP contribution in [0.3, 0.4) is 0 Å². The van der Waals surface area contributed by atoms with Crippen molar-refractivity contribution < 1.29 is 14.3 Å². The summed E-state index contributed by atoms with van der Waals surface area (Å²) < 4.78 is 7.38. The first-order chi connectivity index (χ1) is 7.11. The maximum atomic E-state index is 10.9. The number of carboxylic acids is 1. The van der Waals surface area contributed by atoms with Crippen LogP contribution in [0.15, 0.2) is 27.4 Å². The van der Waals surface area contributed by atoms with E-state index in [0.717, 1.165) is 0 Å². The lowest BCUT2D eigenvalue weighted by Crippen LogP contribution is -2.00. The minimum absolute atomic E-state index is 0.119. The predicted molar refractivity (Wildman–Crippen MR) is 55.6 cm³/mol. The van der Waals surface area contributed by atoms with Crippen molar-refractivity contribution in [1.82, 2.24) is 9.78 Å². The van der Waals surface area contributed by atoms with Gasteiger partial charge in [-0.25, -0.2) is 4.79 Å². The van der Waals surface area contributed by atoms with Gasteiger partial charge in [0, 0.05) is 7.05 Å². The number of nitrogens with zero attached hydrogens (tertiary/aromatic N) is 2. The first kappa shape index (κ1) is 9.97. The molecule has 0 bridgehead atoms. The van der Waals surface area contributed by atoms with Crippen molar-refractivity contribution in [3.63, 3.8) is 0 Å². The number of aromatic nitrogens is 2. The fraction of sp³-hybridized carbons (Fsp3) is 0.111. The standard InChI is InChI=1S/C9H7BrN2O3/c1-12-7(5(4-11-12)9(13)14)8-6(10)2-3-15-8/h2-4H,1H3,(H,13,14). The maximum Gasteiger partial charge on any atom is 0.339 e. The zero-order valence-electron chi connectivity index (χ0n) is 7.77. The van der Waals surface area contributed by atoms with Crippen LogP contribution in [0.2, 0.25) is 0 Å². The summed E-state index contributed by atoms with van der Waals surface area (Å²) in [4.78, 5) is 10.9. The molecular formula is C9H7BrN2O3. The molecule has 6 heteroatoms. The Bertz CT molecular complexity index is 515. The average molecular weight is 271 g/mol. The van der Waals surface area contributed by atoms with Gasteiger partial charge < -0.3 is 9.52 Å². The second-order valence-electron chi connectivity index (χ2n) is 2.93. The predicted octanol–water partition coefficient (Wildman–Crippen LogP) is 2.14. The highest BCUT2D eigenvalue weighted by Gasteiger charge is 2.20. The van der Waals surface area contributed by atoms with Crippen LogP contribution in [0.4, 0.5) is 0 Å². The van der Waals surface area contributed by atoms with Crippen LogP contribution < -0.4 is 0 Å². The van der Waals surface area contributed by atoms with Crippen molar-refractivity contribution >= 4 is 21.9 Å². The quantitative estimate of drug-likeness (QED) is 0.908. The van der Waals surface area contributed by atoms with E-state index in [2.05, 4.69) is 21.0 Å². The van der Waals surface area contributed by atoms with Crippen molar-refractivity contribution in [3.05, 3.63) is 28.6 Å². The summed E-state index contributed by atoms with van der Waals surface area (Å²) in [5.74, 6) is -0.561. The minimum Gasteiger partial charge on any atom is -0.478 e. The van der Waals surface area contributed by atoms with Gasteiger partial charge in [-0.3, -0.25) is 4.68 Å². The van der Waals surface area contributed by atoms with E-state index in [0.29, 0.717) is 15.9 Å². The van der Waals surface area contributed by atoms with Crippen molar-refractivity contribution in [2.24, 2.45) is 7.05 Å². The summed E-state index contributed by atoms with van der Waals surface area (Å²) in [5, 5.41) is 12.8. The molecule has 2 aromatic heterocycles. The topological polar surface area (TPSA) is 68.3 Å². The summed E-state index contributed by atoms with van der Waals surface area (Å²) >= 11 is 3.28. The molecule has 5 nitrogen and oxygen atoms in total. The second-order valence-corrected chi connectivity index (χ2v) is 3.79. The van der Waals surface area contributed by atoms with Crippen LogP contribution in [0.5, 0.6) is 0 Å². The number of halogens is 1. The summed E-state index contributed by atoms with van der Waals surface area (Å²) in [7, 11) is 1.66. The molecular weight excluding hydrogens is 264 g/mol. The SMILES string of the molecule is Cn1ncc(C(=O)O)c1-c1occc1Br. The highest BCUT2D eigenvalue weighted by molar-refractivity contribution is 9.10. The Hall–Kier alpha value is -1.56. The summed E-state index contributed by atoms with van der Waals surface area (Å²) in [6.07, 6.45) is 2.78. The van der Waals surface area contributed by atoms with Gasteiger partial charge in [0.15, 0.2) is 5.76 Å². The van der Waals surface area contributed by atoms with Gasteiger partial charge >= 0.3 is 5.97 Å². The van der Waals surface area contributed by atoms with Crippen molar-refractivity contribution in [2.45, 2.75) is 0 Å². The van der Waals surface area contributed by atoms with E-state index >= 15 is 0 Å². The van der Waals surface area contributed by atoms with Gasteiger partial charge in [0.2, 0.25) is 0 Å². The van der Waals surface area contributed by atoms with Crippen LogP contribution in [0.25, 0.3) is 11.5 Å². The van der Waals surface area contributed by atoms with Gasteiger partial charge in [-0.1, -0.05) is 0 Å². The molecule has 0 aromatic carbocycles. The van der Waals surface area contributed by atoms with Crippen LogP contribution in [0, 0.1) is 0 Å². The molecule has 2 rings (SSSR count). The third kappa shape index (κ3) is 1.56. The fourth-order valence-electron chi connectivity index (χ4n) is 1.33. The molecule has 0 radical (unpaired) electrons. The van der Waals surface area contributed by atoms with Crippen LogP contribution in [-0.2, 0) is 7.05 Å². The molecule has 78 valence electrons. The summed E-state index contributed by atoms with van der Waals surface area (Å²) in [6.45, 7) is 0. The Morgan fingerprint density at radius 2 is 2.40 bits per heavy atom. The number of carbonyl (C=O) groups is 1. The zero-order valence-corrected chi connectivity index (χ0v) is 9.35. The Balaban J connectivity index is 2.66. The van der Waals surface area contributed by atoms with Gasteiger partial charge in [0.25, 0.3) is 0 Å². The molecule has 0 amide bonds. The van der Waals surface area contributed by atoms with Gasteiger partial charge in [0.05, 0.1) is 16.9 Å². The first-order valence-corrected chi connectivity index (χ1v) is 4.89. The zero-order chi connectivity index (χ0) is 11.0. The van der Waals surface area contributed by atoms with E-state index in [1.165, 1.54) is 17.1 Å². The highest BCUT2D eigenvalue weighted by atomic mass is 79.9. The smallest absolute Gasteiger partial charge is 0.339 e. The molecule has 0 aliphatic carbocycles. The Labute approximate surface area is 93.4 Å². The number of aryl methyl sites for hydroxylation is 1. The Morgan fingerprint density at radius 1 is 1.67 bits per heavy atom. The molecule has 0 spiro atoms. The lowest BCUT2D eigenvalue weighted by atomic mass is 10.2. The monoisotopic (exact) mass is 270 g/mol. The molecule has 1 N–H and O–H groups in total. The van der Waals surface area contributed by atoms with E-state index < -0.39 is 5.97 Å². The molecule has 0 atom stereocenters. The van der Waals surface area contributed by atoms with E-state index in [-0.39, 0.29) is 5.56 Å². The molecule has 0 fully saturated rings. The lowest BCUT2D eigenvalue weighted by Gasteiger charge is -2.00. The number of aromatic carboxylic acids is 1. The molecule has 0 aliphatic heterocycles. The average Bonchev–Trinajstić information content (AvgIpc) is 2.71. The molecule has 0 aliphatic rings. The second kappa shape index (κ2) is 3.54. The number of rotatable bonds is 2. The van der Waals surface area contributed by atoms with Gasteiger partial charge in [-0.2, -0.15) is 5.10 Å². The maximum absolute atomic E-state index is 10.9. The molecule has 15 heavy (non-hydrogen) atoms. The van der Waals surface area contributed by atoms with Gasteiger partial charge in [0.1, 0.15) is 11.3 Å². The largest absolute Gasteiger partial charge is 0.478 e. The Kier molecular flexibility index (Phi) is 2.36. The molecule has 2 aromatic rings. The number of furan rings is 1. The molecule has 0 unspecified atom stereocenters. The third-order valence-electron chi connectivity index (χ3n) is 2.00. The first-order valence-electron chi connectivity index (χ1n) is 4.10. The van der Waals surface area contributed by atoms with Crippen molar-refractivity contribution in [3.8, 4) is 11.5 Å². The molecule has 0 saturated carbocycles. The fourth-order valence-corrected chi connectivity index (χ4v) is 1.72. The Morgan fingerprint density at radius 3 is 2.93 bits per heavy atom. The van der Waals surface area contributed by atoms with E-state index in [9.17, 15) is 4.79 Å². The highest BCUT2D eigenvalue weighted by Crippen LogP contribution is 2.31. The van der Waals surface area contributed by atoms with Crippen LogP contribution in [0.1, 0.15) is 10.4 Å². The van der Waals surface area contributed by atoms with Gasteiger partial charge in [-0.15, -0.1) is 0 Å². The van der Waals surface area contributed by atoms with Crippen molar-refractivity contribution in [1.29, 1.82) is 0 Å². The number of hydrogen-bond donors (Lipinski definition) is 1. The van der Waals surface area contributed by atoms with Gasteiger partial charge in [-0.05, 0) is 22.0 Å². The third-order valence-corrected chi connectivity index (χ3v) is 2.63. The van der Waals surface area contributed by atoms with E-state index in [1.54, 1.807) is 13.1 Å².